The van der Waals surface area contributed by atoms with Gasteiger partial charge in [-0.2, -0.15) is 12.6 Å². The minimum atomic E-state index is -1.23. The highest BCUT2D eigenvalue weighted by molar-refractivity contribution is 7.80. The highest BCUT2D eigenvalue weighted by Crippen LogP contribution is 2.09. The number of carbonyl (C=O) groups excluding carboxylic acids is 2. The summed E-state index contributed by atoms with van der Waals surface area (Å²) in [7, 11) is 0. The molecule has 132 valence electrons. The van der Waals surface area contributed by atoms with Crippen LogP contribution in [0.15, 0.2) is 0 Å². The van der Waals surface area contributed by atoms with Crippen LogP contribution in [0, 0.1) is 0 Å². The van der Waals surface area contributed by atoms with E-state index in [-0.39, 0.29) is 31.0 Å². The maximum atomic E-state index is 12.2. The van der Waals surface area contributed by atoms with Gasteiger partial charge in [0.05, 0.1) is 0 Å². The third-order valence-electron chi connectivity index (χ3n) is 2.90. The highest BCUT2D eigenvalue weighted by Gasteiger charge is 2.29. The normalized spacial score (nSPS) is 13.0. The summed E-state index contributed by atoms with van der Waals surface area (Å²) in [6.07, 6.45) is -0.274. The van der Waals surface area contributed by atoms with Crippen molar-refractivity contribution in [3.05, 3.63) is 0 Å². The van der Waals surface area contributed by atoms with Crippen molar-refractivity contribution in [2.45, 2.75) is 24.9 Å². The molecule has 0 saturated heterocycles. The smallest absolute Gasteiger partial charge is 0.322 e. The van der Waals surface area contributed by atoms with Gasteiger partial charge in [0.25, 0.3) is 0 Å². The summed E-state index contributed by atoms with van der Waals surface area (Å²) < 4.78 is 0. The predicted molar refractivity (Wildman–Crippen MR) is 85.6 cm³/mol. The van der Waals surface area contributed by atoms with E-state index in [1.807, 2.05) is 0 Å². The van der Waals surface area contributed by atoms with Gasteiger partial charge in [-0.25, -0.2) is 0 Å². The number of alkyl halides is 1. The number of amides is 2. The molecule has 23 heavy (non-hydrogen) atoms. The molecule has 0 saturated carbocycles. The van der Waals surface area contributed by atoms with Gasteiger partial charge in [-0.1, -0.05) is 0 Å². The molecule has 0 heterocycles. The van der Waals surface area contributed by atoms with Crippen molar-refractivity contribution in [1.29, 1.82) is 0 Å². The van der Waals surface area contributed by atoms with Gasteiger partial charge in [0.1, 0.15) is 18.6 Å². The van der Waals surface area contributed by atoms with E-state index in [4.69, 9.17) is 27.5 Å². The maximum absolute atomic E-state index is 12.2. The molecule has 5 N–H and O–H groups in total. The zero-order valence-electron chi connectivity index (χ0n) is 12.3. The van der Waals surface area contributed by atoms with Crippen LogP contribution >= 0.6 is 24.2 Å². The first kappa shape index (κ1) is 21.5. The SMILES string of the molecule is NC(CCC(=O)N(CCCl)C(CS)C(=O)NCC(=O)O)C(=O)O. The molecule has 2 atom stereocenters. The summed E-state index contributed by atoms with van der Waals surface area (Å²) in [6.45, 7) is -0.551. The third kappa shape index (κ3) is 8.05. The molecule has 2 amide bonds. The first-order chi connectivity index (χ1) is 10.7. The second-order valence-corrected chi connectivity index (χ2v) is 5.31. The molecule has 0 fully saturated rings. The lowest BCUT2D eigenvalue weighted by Crippen LogP contribution is -2.52. The summed E-state index contributed by atoms with van der Waals surface area (Å²) in [6, 6.07) is -2.20. The van der Waals surface area contributed by atoms with Gasteiger partial charge in [-0.05, 0) is 6.42 Å². The van der Waals surface area contributed by atoms with Crippen LogP contribution in [0.3, 0.4) is 0 Å². The Bertz CT molecular complexity index is 451. The summed E-state index contributed by atoms with van der Waals surface area (Å²) in [5.74, 6) is -3.63. The molecule has 0 aromatic heterocycles. The number of halogens is 1. The van der Waals surface area contributed by atoms with Crippen molar-refractivity contribution in [1.82, 2.24) is 10.2 Å². The number of rotatable bonds is 11. The summed E-state index contributed by atoms with van der Waals surface area (Å²) in [4.78, 5) is 46.4. The maximum Gasteiger partial charge on any atom is 0.322 e. The fourth-order valence-corrected chi connectivity index (χ4v) is 2.24. The Kier molecular flexibility index (Phi) is 10.4. The van der Waals surface area contributed by atoms with Crippen molar-refractivity contribution >= 4 is 48.0 Å². The molecule has 0 aromatic carbocycles. The topological polar surface area (TPSA) is 150 Å². The number of carboxylic acids is 2. The molecule has 0 aliphatic carbocycles. The molecule has 11 heteroatoms. The van der Waals surface area contributed by atoms with Gasteiger partial charge < -0.3 is 26.2 Å². The molecular weight excluding hydrogens is 350 g/mol. The Balaban J connectivity index is 4.87. The average Bonchev–Trinajstić information content (AvgIpc) is 2.49. The molecule has 0 radical (unpaired) electrons. The molecule has 0 bridgehead atoms. The van der Waals surface area contributed by atoms with E-state index in [2.05, 4.69) is 17.9 Å². The zero-order valence-corrected chi connectivity index (χ0v) is 13.9. The summed E-state index contributed by atoms with van der Waals surface area (Å²) >= 11 is 9.63. The quantitative estimate of drug-likeness (QED) is 0.225. The van der Waals surface area contributed by atoms with Gasteiger partial charge in [0.15, 0.2) is 0 Å². The number of thiol groups is 1. The van der Waals surface area contributed by atoms with Crippen molar-refractivity contribution in [2.75, 3.05) is 24.7 Å². The average molecular weight is 370 g/mol. The van der Waals surface area contributed by atoms with Crippen molar-refractivity contribution in [2.24, 2.45) is 5.73 Å². The van der Waals surface area contributed by atoms with Crippen LogP contribution in [0.1, 0.15) is 12.8 Å². The highest BCUT2D eigenvalue weighted by atomic mass is 35.5. The van der Waals surface area contributed by atoms with Crippen LogP contribution in [0.25, 0.3) is 0 Å². The number of nitrogens with one attached hydrogen (secondary N) is 1. The molecule has 0 spiro atoms. The number of hydrogen-bond donors (Lipinski definition) is 5. The summed E-state index contributed by atoms with van der Waals surface area (Å²) in [5.41, 5.74) is 5.33. The first-order valence-electron chi connectivity index (χ1n) is 6.68. The van der Waals surface area contributed by atoms with Crippen LogP contribution in [-0.4, -0.2) is 75.7 Å². The second-order valence-electron chi connectivity index (χ2n) is 4.57. The Labute approximate surface area is 143 Å². The van der Waals surface area contributed by atoms with E-state index in [1.54, 1.807) is 0 Å². The van der Waals surface area contributed by atoms with Gasteiger partial charge in [0.2, 0.25) is 11.8 Å². The Hall–Kier alpha value is -1.52. The molecule has 9 nitrogen and oxygen atoms in total. The lowest BCUT2D eigenvalue weighted by Gasteiger charge is -2.29. The summed E-state index contributed by atoms with van der Waals surface area (Å²) in [5, 5.41) is 19.4. The minimum Gasteiger partial charge on any atom is -0.480 e. The van der Waals surface area contributed by atoms with E-state index in [1.165, 1.54) is 0 Å². The number of nitrogens with two attached hydrogens (primary N) is 1. The molecule has 0 aliphatic heterocycles. The number of aliphatic carboxylic acids is 2. The van der Waals surface area contributed by atoms with Crippen LogP contribution in [0.2, 0.25) is 0 Å². The van der Waals surface area contributed by atoms with Crippen molar-refractivity contribution in [3.63, 3.8) is 0 Å². The molecular formula is C12H20ClN3O6S. The van der Waals surface area contributed by atoms with E-state index in [9.17, 15) is 19.2 Å². The Morgan fingerprint density at radius 1 is 1.26 bits per heavy atom. The van der Waals surface area contributed by atoms with Gasteiger partial charge in [-0.15, -0.1) is 11.6 Å². The van der Waals surface area contributed by atoms with Gasteiger partial charge in [0, 0.05) is 24.6 Å². The number of carboxylic acid groups (broad SMARTS) is 2. The van der Waals surface area contributed by atoms with Crippen molar-refractivity contribution < 1.29 is 29.4 Å². The fourth-order valence-electron chi connectivity index (χ4n) is 1.70. The van der Waals surface area contributed by atoms with E-state index >= 15 is 0 Å². The lowest BCUT2D eigenvalue weighted by atomic mass is 10.1. The number of hydrogen-bond acceptors (Lipinski definition) is 6. The molecule has 0 aromatic rings. The van der Waals surface area contributed by atoms with Crippen molar-refractivity contribution in [3.8, 4) is 0 Å². The third-order valence-corrected chi connectivity index (χ3v) is 3.41. The predicted octanol–water partition coefficient (Wildman–Crippen LogP) is -1.25. The lowest BCUT2D eigenvalue weighted by molar-refractivity contribution is -0.142. The van der Waals surface area contributed by atoms with Crippen LogP contribution in [-0.2, 0) is 19.2 Å². The van der Waals surface area contributed by atoms with E-state index in [0.717, 1.165) is 4.90 Å². The number of nitrogens with zero attached hydrogens (tertiary/aromatic N) is 1. The van der Waals surface area contributed by atoms with Gasteiger partial charge >= 0.3 is 11.9 Å². The monoisotopic (exact) mass is 369 g/mol. The van der Waals surface area contributed by atoms with Crippen LogP contribution in [0.4, 0.5) is 0 Å². The van der Waals surface area contributed by atoms with Gasteiger partial charge in [-0.3, -0.25) is 19.2 Å². The molecule has 0 aliphatic rings. The Morgan fingerprint density at radius 2 is 1.87 bits per heavy atom. The Morgan fingerprint density at radius 3 is 2.30 bits per heavy atom. The first-order valence-corrected chi connectivity index (χ1v) is 7.85. The van der Waals surface area contributed by atoms with Crippen LogP contribution < -0.4 is 11.1 Å². The second kappa shape index (κ2) is 11.1. The standard InChI is InChI=1S/C12H20ClN3O6S/c13-3-4-16(9(17)2-1-7(14)12(21)22)8(6-23)11(20)15-5-10(18)19/h7-8,23H,1-6,14H2,(H,15,20)(H,18,19)(H,21,22). The molecule has 0 rings (SSSR count). The minimum absolute atomic E-state index is 0.0361. The van der Waals surface area contributed by atoms with Crippen LogP contribution in [0.5, 0.6) is 0 Å². The van der Waals surface area contributed by atoms with E-state index in [0.29, 0.717) is 0 Å². The molecule has 2 unspecified atom stereocenters. The zero-order chi connectivity index (χ0) is 18.0. The largest absolute Gasteiger partial charge is 0.480 e. The number of carbonyl (C=O) groups is 4. The van der Waals surface area contributed by atoms with E-state index < -0.39 is 42.4 Å². The fraction of sp³-hybridized carbons (Fsp3) is 0.667.